The van der Waals surface area contributed by atoms with Gasteiger partial charge in [0.25, 0.3) is 5.91 Å². The van der Waals surface area contributed by atoms with Gasteiger partial charge in [0, 0.05) is 36.5 Å². The lowest BCUT2D eigenvalue weighted by atomic mass is 10.1. The standard InChI is InChI=1S/C23H26N2O4S2/c1-5-25(6-2)17-8-7-16(11-21-22(26)24-23(30)31-21)20(12-17)29-14-15-9-18(27-3)13-19(10-15)28-4/h7-13H,5-6,14H2,1-4H3,(H,24,26,30)/b21-11-. The van der Waals surface area contributed by atoms with Crippen LogP contribution in [0.3, 0.4) is 0 Å². The molecule has 0 saturated carbocycles. The summed E-state index contributed by atoms with van der Waals surface area (Å²) in [6.45, 7) is 6.32. The van der Waals surface area contributed by atoms with Crippen LogP contribution in [-0.2, 0) is 11.4 Å². The summed E-state index contributed by atoms with van der Waals surface area (Å²) < 4.78 is 17.4. The number of carbonyl (C=O) groups excluding carboxylic acids is 1. The molecule has 0 radical (unpaired) electrons. The van der Waals surface area contributed by atoms with E-state index >= 15 is 0 Å². The first-order valence-corrected chi connectivity index (χ1v) is 11.2. The van der Waals surface area contributed by atoms with Crippen molar-refractivity contribution in [1.29, 1.82) is 0 Å². The number of thioether (sulfide) groups is 1. The Kier molecular flexibility index (Phi) is 7.81. The molecule has 164 valence electrons. The summed E-state index contributed by atoms with van der Waals surface area (Å²) in [6.07, 6.45) is 1.81. The van der Waals surface area contributed by atoms with E-state index in [9.17, 15) is 4.79 Å². The molecule has 1 heterocycles. The van der Waals surface area contributed by atoms with Crippen LogP contribution < -0.4 is 24.4 Å². The van der Waals surface area contributed by atoms with Crippen LogP contribution in [-0.4, -0.2) is 37.5 Å². The number of nitrogens with zero attached hydrogens (tertiary/aromatic N) is 1. The molecule has 0 spiro atoms. The number of carbonyl (C=O) groups is 1. The van der Waals surface area contributed by atoms with E-state index in [0.29, 0.717) is 33.1 Å². The highest BCUT2D eigenvalue weighted by Gasteiger charge is 2.22. The van der Waals surface area contributed by atoms with Crippen molar-refractivity contribution in [2.45, 2.75) is 20.5 Å². The first kappa shape index (κ1) is 23.0. The number of nitrogens with one attached hydrogen (secondary N) is 1. The van der Waals surface area contributed by atoms with E-state index < -0.39 is 0 Å². The molecule has 1 aliphatic heterocycles. The normalized spacial score (nSPS) is 14.5. The summed E-state index contributed by atoms with van der Waals surface area (Å²) in [5, 5.41) is 2.65. The molecule has 0 aromatic heterocycles. The first-order chi connectivity index (χ1) is 15.0. The summed E-state index contributed by atoms with van der Waals surface area (Å²) in [5.41, 5.74) is 2.79. The molecule has 2 aromatic rings. The molecule has 1 saturated heterocycles. The van der Waals surface area contributed by atoms with Crippen LogP contribution in [0.2, 0.25) is 0 Å². The van der Waals surface area contributed by atoms with Crippen LogP contribution in [0.4, 0.5) is 5.69 Å². The van der Waals surface area contributed by atoms with Gasteiger partial charge >= 0.3 is 0 Å². The van der Waals surface area contributed by atoms with Crippen molar-refractivity contribution in [3.63, 3.8) is 0 Å². The van der Waals surface area contributed by atoms with Gasteiger partial charge in [0.15, 0.2) is 0 Å². The second-order valence-electron chi connectivity index (χ2n) is 6.76. The number of hydrogen-bond acceptors (Lipinski definition) is 7. The van der Waals surface area contributed by atoms with Crippen LogP contribution in [0.15, 0.2) is 41.3 Å². The number of rotatable bonds is 9. The summed E-state index contributed by atoms with van der Waals surface area (Å²) >= 11 is 6.35. The quantitative estimate of drug-likeness (QED) is 0.435. The Morgan fingerprint density at radius 3 is 2.29 bits per heavy atom. The number of amides is 1. The largest absolute Gasteiger partial charge is 0.497 e. The number of methoxy groups -OCH3 is 2. The number of thiocarbonyl (C=S) groups is 1. The maximum absolute atomic E-state index is 12.1. The van der Waals surface area contributed by atoms with Crippen molar-refractivity contribution in [2.75, 3.05) is 32.2 Å². The number of ether oxygens (including phenoxy) is 3. The van der Waals surface area contributed by atoms with Gasteiger partial charge in [-0.2, -0.15) is 0 Å². The van der Waals surface area contributed by atoms with Gasteiger partial charge < -0.3 is 24.4 Å². The molecule has 0 atom stereocenters. The summed E-state index contributed by atoms with van der Waals surface area (Å²) in [5.74, 6) is 1.89. The molecule has 0 unspecified atom stereocenters. The predicted molar refractivity (Wildman–Crippen MR) is 130 cm³/mol. The molecule has 1 aliphatic rings. The Bertz CT molecular complexity index is 981. The van der Waals surface area contributed by atoms with Crippen molar-refractivity contribution in [2.24, 2.45) is 0 Å². The monoisotopic (exact) mass is 458 g/mol. The number of anilines is 1. The summed E-state index contributed by atoms with van der Waals surface area (Å²) in [6, 6.07) is 11.7. The lowest BCUT2D eigenvalue weighted by molar-refractivity contribution is -0.115. The highest BCUT2D eigenvalue weighted by Crippen LogP contribution is 2.33. The molecular weight excluding hydrogens is 432 g/mol. The molecule has 8 heteroatoms. The highest BCUT2D eigenvalue weighted by atomic mass is 32.2. The zero-order valence-corrected chi connectivity index (χ0v) is 19.7. The minimum Gasteiger partial charge on any atom is -0.497 e. The van der Waals surface area contributed by atoms with Gasteiger partial charge in [0.05, 0.1) is 19.1 Å². The van der Waals surface area contributed by atoms with Gasteiger partial charge in [-0.05, 0) is 49.8 Å². The molecule has 0 aliphatic carbocycles. The van der Waals surface area contributed by atoms with E-state index in [1.54, 1.807) is 14.2 Å². The predicted octanol–water partition coefficient (Wildman–Crippen LogP) is 4.62. The van der Waals surface area contributed by atoms with Crippen molar-refractivity contribution in [3.05, 3.63) is 52.4 Å². The molecule has 1 fully saturated rings. The summed E-state index contributed by atoms with van der Waals surface area (Å²) in [7, 11) is 3.23. The van der Waals surface area contributed by atoms with E-state index in [2.05, 4.69) is 24.1 Å². The molecule has 1 N–H and O–H groups in total. The lowest BCUT2D eigenvalue weighted by Crippen LogP contribution is -2.21. The van der Waals surface area contributed by atoms with Gasteiger partial charge in [-0.15, -0.1) is 0 Å². The Hall–Kier alpha value is -2.71. The van der Waals surface area contributed by atoms with Crippen molar-refractivity contribution in [1.82, 2.24) is 5.32 Å². The van der Waals surface area contributed by atoms with E-state index in [1.807, 2.05) is 42.5 Å². The van der Waals surface area contributed by atoms with Crippen LogP contribution in [0, 0.1) is 0 Å². The van der Waals surface area contributed by atoms with Crippen LogP contribution >= 0.6 is 24.0 Å². The van der Waals surface area contributed by atoms with Crippen molar-refractivity contribution in [3.8, 4) is 17.2 Å². The van der Waals surface area contributed by atoms with E-state index in [-0.39, 0.29) is 5.91 Å². The fourth-order valence-electron chi connectivity index (χ4n) is 3.23. The second-order valence-corrected chi connectivity index (χ2v) is 8.48. The van der Waals surface area contributed by atoms with Gasteiger partial charge in [0.2, 0.25) is 0 Å². The zero-order chi connectivity index (χ0) is 22.4. The van der Waals surface area contributed by atoms with Gasteiger partial charge in [-0.1, -0.05) is 24.0 Å². The minimum atomic E-state index is -0.189. The second kappa shape index (κ2) is 10.5. The Labute approximate surface area is 192 Å². The van der Waals surface area contributed by atoms with Gasteiger partial charge in [-0.25, -0.2) is 0 Å². The molecule has 1 amide bonds. The number of hydrogen-bond donors (Lipinski definition) is 1. The molecule has 0 bridgehead atoms. The van der Waals surface area contributed by atoms with Crippen molar-refractivity contribution >= 4 is 46.0 Å². The third-order valence-electron chi connectivity index (χ3n) is 4.86. The molecule has 31 heavy (non-hydrogen) atoms. The van der Waals surface area contributed by atoms with E-state index in [1.165, 1.54) is 11.8 Å². The average Bonchev–Trinajstić information content (AvgIpc) is 3.10. The average molecular weight is 459 g/mol. The van der Waals surface area contributed by atoms with Crippen LogP contribution in [0.25, 0.3) is 6.08 Å². The lowest BCUT2D eigenvalue weighted by Gasteiger charge is -2.22. The zero-order valence-electron chi connectivity index (χ0n) is 18.1. The fraction of sp³-hybridized carbons (Fsp3) is 0.304. The maximum Gasteiger partial charge on any atom is 0.263 e. The van der Waals surface area contributed by atoms with Gasteiger partial charge in [0.1, 0.15) is 28.2 Å². The van der Waals surface area contributed by atoms with E-state index in [4.69, 9.17) is 26.4 Å². The SMILES string of the molecule is CCN(CC)c1ccc(/C=C2\SC(=S)NC2=O)c(OCc2cc(OC)cc(OC)c2)c1. The Morgan fingerprint density at radius 1 is 1.06 bits per heavy atom. The highest BCUT2D eigenvalue weighted by molar-refractivity contribution is 8.26. The fourth-order valence-corrected chi connectivity index (χ4v) is 4.26. The molecular formula is C23H26N2O4S2. The Morgan fingerprint density at radius 2 is 1.74 bits per heavy atom. The number of benzene rings is 2. The molecule has 6 nitrogen and oxygen atoms in total. The topological polar surface area (TPSA) is 60.0 Å². The van der Waals surface area contributed by atoms with Crippen LogP contribution in [0.5, 0.6) is 17.2 Å². The molecule has 3 rings (SSSR count). The van der Waals surface area contributed by atoms with Gasteiger partial charge in [-0.3, -0.25) is 4.79 Å². The summed E-state index contributed by atoms with van der Waals surface area (Å²) in [4.78, 5) is 14.9. The van der Waals surface area contributed by atoms with E-state index in [0.717, 1.165) is 29.9 Å². The third-order valence-corrected chi connectivity index (χ3v) is 6.02. The van der Waals surface area contributed by atoms with Crippen LogP contribution in [0.1, 0.15) is 25.0 Å². The third kappa shape index (κ3) is 5.71. The maximum atomic E-state index is 12.1. The Balaban J connectivity index is 1.94. The molecule has 2 aromatic carbocycles. The first-order valence-electron chi connectivity index (χ1n) is 9.96. The minimum absolute atomic E-state index is 0.189. The van der Waals surface area contributed by atoms with Crippen molar-refractivity contribution < 1.29 is 19.0 Å². The smallest absolute Gasteiger partial charge is 0.263 e.